The summed E-state index contributed by atoms with van der Waals surface area (Å²) in [5.41, 5.74) is 1.62. The lowest BCUT2D eigenvalue weighted by molar-refractivity contribution is -0.115. The van der Waals surface area contributed by atoms with Crippen molar-refractivity contribution in [1.29, 1.82) is 0 Å². The van der Waals surface area contributed by atoms with E-state index in [4.69, 9.17) is 4.74 Å². The van der Waals surface area contributed by atoms with E-state index in [-0.39, 0.29) is 12.3 Å². The number of para-hydroxylation sites is 2. The van der Waals surface area contributed by atoms with Crippen LogP contribution in [0.2, 0.25) is 0 Å². The predicted octanol–water partition coefficient (Wildman–Crippen LogP) is 1.07. The number of carbonyl (C=O) groups excluding carboxylic acids is 1. The number of hydrogen-bond acceptors (Lipinski definition) is 4. The second-order valence-electron chi connectivity index (χ2n) is 6.45. The molecule has 0 unspecified atom stereocenters. The molecular formula is C19H22N4O4. The first-order valence-electron chi connectivity index (χ1n) is 8.44. The molecular weight excluding hydrogens is 348 g/mol. The van der Waals surface area contributed by atoms with Crippen LogP contribution in [0.25, 0.3) is 11.0 Å². The molecule has 2 heterocycles. The van der Waals surface area contributed by atoms with E-state index in [1.165, 1.54) is 18.7 Å². The van der Waals surface area contributed by atoms with Gasteiger partial charge in [-0.2, -0.15) is 0 Å². The van der Waals surface area contributed by atoms with Gasteiger partial charge in [-0.3, -0.25) is 18.7 Å². The van der Waals surface area contributed by atoms with Crippen molar-refractivity contribution in [3.05, 3.63) is 56.4 Å². The van der Waals surface area contributed by atoms with Crippen LogP contribution in [0.4, 0.5) is 5.69 Å². The van der Waals surface area contributed by atoms with E-state index < -0.39 is 11.2 Å². The van der Waals surface area contributed by atoms with Gasteiger partial charge in [0.15, 0.2) is 0 Å². The van der Waals surface area contributed by atoms with Crippen LogP contribution in [0, 0.1) is 6.92 Å². The van der Waals surface area contributed by atoms with E-state index in [1.54, 1.807) is 36.9 Å². The Labute approximate surface area is 155 Å². The minimum absolute atomic E-state index is 0.00860. The molecule has 1 amide bonds. The number of aromatic nitrogens is 3. The van der Waals surface area contributed by atoms with Crippen molar-refractivity contribution in [2.75, 3.05) is 12.4 Å². The van der Waals surface area contributed by atoms with E-state index in [0.29, 0.717) is 28.0 Å². The molecule has 0 fully saturated rings. The number of nitrogens with zero attached hydrogens (tertiary/aromatic N) is 3. The molecule has 0 aliphatic carbocycles. The molecule has 8 nitrogen and oxygen atoms in total. The van der Waals surface area contributed by atoms with Crippen molar-refractivity contribution in [3.63, 3.8) is 0 Å². The number of hydrogen-bond donors (Lipinski definition) is 1. The number of anilines is 1. The summed E-state index contributed by atoms with van der Waals surface area (Å²) in [5.74, 6) is 0.282. The number of ether oxygens (including phenoxy) is 1. The molecule has 0 spiro atoms. The smallest absolute Gasteiger partial charge is 0.332 e. The summed E-state index contributed by atoms with van der Waals surface area (Å²) in [6, 6.07) is 7.11. The Morgan fingerprint density at radius 1 is 1.07 bits per heavy atom. The van der Waals surface area contributed by atoms with Gasteiger partial charge in [0.25, 0.3) is 5.56 Å². The van der Waals surface area contributed by atoms with Gasteiger partial charge in [-0.25, -0.2) is 4.79 Å². The van der Waals surface area contributed by atoms with Gasteiger partial charge in [-0.1, -0.05) is 12.1 Å². The van der Waals surface area contributed by atoms with Gasteiger partial charge in [0.05, 0.1) is 24.6 Å². The van der Waals surface area contributed by atoms with Gasteiger partial charge in [0.2, 0.25) is 5.91 Å². The molecule has 3 aromatic rings. The minimum Gasteiger partial charge on any atom is -0.495 e. The van der Waals surface area contributed by atoms with E-state index in [9.17, 15) is 14.4 Å². The van der Waals surface area contributed by atoms with E-state index >= 15 is 0 Å². The fourth-order valence-electron chi connectivity index (χ4n) is 3.35. The number of methoxy groups -OCH3 is 1. The van der Waals surface area contributed by atoms with Gasteiger partial charge in [-0.15, -0.1) is 0 Å². The van der Waals surface area contributed by atoms with E-state index in [0.717, 1.165) is 10.3 Å². The molecule has 0 aliphatic rings. The summed E-state index contributed by atoms with van der Waals surface area (Å²) in [5, 5.41) is 3.20. The third-order valence-electron chi connectivity index (χ3n) is 4.91. The van der Waals surface area contributed by atoms with Crippen LogP contribution in [0.3, 0.4) is 0 Å². The maximum Gasteiger partial charge on any atom is 0.332 e. The average Bonchev–Trinajstić information content (AvgIpc) is 2.90. The van der Waals surface area contributed by atoms with Crippen LogP contribution >= 0.6 is 0 Å². The molecule has 0 bridgehead atoms. The highest BCUT2D eigenvalue weighted by atomic mass is 16.5. The number of rotatable bonds is 4. The first kappa shape index (κ1) is 18.5. The number of aryl methyl sites for hydroxylation is 2. The van der Waals surface area contributed by atoms with E-state index in [2.05, 4.69) is 5.32 Å². The standard InChI is InChI=1S/C19H22N4O4/c1-11-12(10-15(24)20-13-8-6-7-9-14(13)27-5)16-17(21(11)2)22(3)19(26)23(4)18(16)25/h6-9H,10H2,1-5H3,(H,20,24). The number of nitrogens with one attached hydrogen (secondary N) is 1. The number of carbonyl (C=O) groups is 1. The molecule has 0 radical (unpaired) electrons. The summed E-state index contributed by atoms with van der Waals surface area (Å²) < 4.78 is 9.50. The van der Waals surface area contributed by atoms with Gasteiger partial charge in [0, 0.05) is 26.8 Å². The second kappa shape index (κ2) is 6.79. The first-order chi connectivity index (χ1) is 12.8. The van der Waals surface area contributed by atoms with Crippen molar-refractivity contribution in [2.24, 2.45) is 21.1 Å². The fourth-order valence-corrected chi connectivity index (χ4v) is 3.35. The molecule has 142 valence electrons. The number of amides is 1. The Balaban J connectivity index is 2.08. The molecule has 27 heavy (non-hydrogen) atoms. The summed E-state index contributed by atoms with van der Waals surface area (Å²) in [7, 11) is 6.36. The quantitative estimate of drug-likeness (QED) is 0.744. The third-order valence-corrected chi connectivity index (χ3v) is 4.91. The maximum atomic E-state index is 12.7. The van der Waals surface area contributed by atoms with Crippen LogP contribution in [0.1, 0.15) is 11.3 Å². The topological polar surface area (TPSA) is 87.3 Å². The van der Waals surface area contributed by atoms with Gasteiger partial charge >= 0.3 is 5.69 Å². The lowest BCUT2D eigenvalue weighted by atomic mass is 10.1. The van der Waals surface area contributed by atoms with Crippen LogP contribution in [-0.2, 0) is 32.4 Å². The van der Waals surface area contributed by atoms with Crippen molar-refractivity contribution < 1.29 is 9.53 Å². The molecule has 0 saturated carbocycles. The number of benzene rings is 1. The normalized spacial score (nSPS) is 11.0. The Bertz CT molecular complexity index is 1170. The third kappa shape index (κ3) is 2.92. The van der Waals surface area contributed by atoms with Crippen molar-refractivity contribution in [2.45, 2.75) is 13.3 Å². The van der Waals surface area contributed by atoms with E-state index in [1.807, 2.05) is 13.0 Å². The molecule has 0 aliphatic heterocycles. The van der Waals surface area contributed by atoms with Crippen molar-refractivity contribution >= 4 is 22.6 Å². The highest BCUT2D eigenvalue weighted by Crippen LogP contribution is 2.25. The lowest BCUT2D eigenvalue weighted by Crippen LogP contribution is -2.37. The van der Waals surface area contributed by atoms with Gasteiger partial charge < -0.3 is 14.6 Å². The maximum absolute atomic E-state index is 12.7. The molecule has 8 heteroatoms. The van der Waals surface area contributed by atoms with Gasteiger partial charge in [-0.05, 0) is 24.6 Å². The average molecular weight is 370 g/mol. The van der Waals surface area contributed by atoms with Crippen molar-refractivity contribution in [1.82, 2.24) is 13.7 Å². The van der Waals surface area contributed by atoms with Crippen molar-refractivity contribution in [3.8, 4) is 5.75 Å². The zero-order valence-electron chi connectivity index (χ0n) is 16.0. The fraction of sp³-hybridized carbons (Fsp3) is 0.316. The van der Waals surface area contributed by atoms with Crippen LogP contribution in [0.15, 0.2) is 33.9 Å². The van der Waals surface area contributed by atoms with Crippen LogP contribution in [-0.4, -0.2) is 26.7 Å². The molecule has 0 saturated heterocycles. The Morgan fingerprint density at radius 3 is 2.41 bits per heavy atom. The SMILES string of the molecule is COc1ccccc1NC(=O)Cc1c(C)n(C)c2c1c(=O)n(C)c(=O)n2C. The summed E-state index contributed by atoms with van der Waals surface area (Å²) in [6.45, 7) is 1.83. The number of fused-ring (bicyclic) bond motifs is 1. The zero-order chi connectivity index (χ0) is 19.9. The Kier molecular flexibility index (Phi) is 4.65. The molecule has 3 rings (SSSR count). The molecule has 1 aromatic carbocycles. The molecule has 0 atom stereocenters. The minimum atomic E-state index is -0.406. The summed E-state index contributed by atoms with van der Waals surface area (Å²) in [6.07, 6.45) is 0.00860. The van der Waals surface area contributed by atoms with Crippen LogP contribution < -0.4 is 21.3 Å². The van der Waals surface area contributed by atoms with Crippen LogP contribution in [0.5, 0.6) is 5.75 Å². The largest absolute Gasteiger partial charge is 0.495 e. The second-order valence-corrected chi connectivity index (χ2v) is 6.45. The monoisotopic (exact) mass is 370 g/mol. The van der Waals surface area contributed by atoms with Gasteiger partial charge in [0.1, 0.15) is 11.4 Å². The predicted molar refractivity (Wildman–Crippen MR) is 103 cm³/mol. The summed E-state index contributed by atoms with van der Waals surface area (Å²) >= 11 is 0. The molecule has 1 N–H and O–H groups in total. The first-order valence-corrected chi connectivity index (χ1v) is 8.44. The Hall–Kier alpha value is -3.29. The molecule has 2 aromatic heterocycles. The summed E-state index contributed by atoms with van der Waals surface area (Å²) in [4.78, 5) is 37.6. The highest BCUT2D eigenvalue weighted by molar-refractivity contribution is 5.96. The highest BCUT2D eigenvalue weighted by Gasteiger charge is 2.22. The zero-order valence-corrected chi connectivity index (χ0v) is 16.0. The lowest BCUT2D eigenvalue weighted by Gasteiger charge is -2.10. The Morgan fingerprint density at radius 2 is 1.74 bits per heavy atom.